The smallest absolute Gasteiger partial charge is 0.313 e. The zero-order chi connectivity index (χ0) is 17.3. The molecule has 0 unspecified atom stereocenters. The molecule has 0 heterocycles. The summed E-state index contributed by atoms with van der Waals surface area (Å²) in [7, 11) is 2.60. The van der Waals surface area contributed by atoms with Crippen molar-refractivity contribution in [2.45, 2.75) is 12.8 Å². The van der Waals surface area contributed by atoms with Crippen molar-refractivity contribution in [1.82, 2.24) is 0 Å². The van der Waals surface area contributed by atoms with Crippen molar-refractivity contribution in [3.05, 3.63) is 48.0 Å². The first-order valence-electron chi connectivity index (χ1n) is 7.97. The van der Waals surface area contributed by atoms with E-state index in [2.05, 4.69) is 0 Å². The van der Waals surface area contributed by atoms with Gasteiger partial charge in [-0.2, -0.15) is 0 Å². The molecule has 3 rings (SSSR count). The van der Waals surface area contributed by atoms with Crippen LogP contribution < -0.4 is 0 Å². The van der Waals surface area contributed by atoms with Gasteiger partial charge in [-0.25, -0.2) is 0 Å². The van der Waals surface area contributed by atoms with E-state index in [-0.39, 0.29) is 24.0 Å². The summed E-state index contributed by atoms with van der Waals surface area (Å²) in [5.74, 6) is -2.11. The van der Waals surface area contributed by atoms with Crippen LogP contribution in [0.3, 0.4) is 0 Å². The SMILES string of the molecule is COC(=O)[C@H]1[C@H]2C=C[C@H](C2)[C@@]1(CC(=O)c1ccccc1)C(=O)OC. The Labute approximate surface area is 140 Å². The number of carbonyl (C=O) groups is 3. The lowest BCUT2D eigenvalue weighted by Crippen LogP contribution is -2.48. The van der Waals surface area contributed by atoms with Crippen molar-refractivity contribution >= 4 is 17.7 Å². The Morgan fingerprint density at radius 2 is 1.79 bits per heavy atom. The van der Waals surface area contributed by atoms with Crippen LogP contribution in [-0.2, 0) is 19.1 Å². The highest BCUT2D eigenvalue weighted by Gasteiger charge is 2.64. The van der Waals surface area contributed by atoms with Crippen molar-refractivity contribution in [2.24, 2.45) is 23.2 Å². The molecule has 0 saturated heterocycles. The van der Waals surface area contributed by atoms with Gasteiger partial charge in [0.15, 0.2) is 5.78 Å². The molecule has 1 saturated carbocycles. The second-order valence-corrected chi connectivity index (χ2v) is 6.39. The van der Waals surface area contributed by atoms with Crippen LogP contribution in [0.2, 0.25) is 0 Å². The minimum atomic E-state index is -1.19. The van der Waals surface area contributed by atoms with E-state index in [4.69, 9.17) is 9.47 Å². The second-order valence-electron chi connectivity index (χ2n) is 6.39. The molecule has 0 radical (unpaired) electrons. The number of Topliss-reactive ketones (excluding diaryl/α,β-unsaturated/α-hetero) is 1. The van der Waals surface area contributed by atoms with E-state index >= 15 is 0 Å². The summed E-state index contributed by atoms with van der Waals surface area (Å²) in [6, 6.07) is 8.80. The Bertz CT molecular complexity index is 693. The van der Waals surface area contributed by atoms with Crippen LogP contribution in [-0.4, -0.2) is 31.9 Å². The highest BCUT2D eigenvalue weighted by Crippen LogP contribution is 2.59. The third-order valence-corrected chi connectivity index (χ3v) is 5.33. The fraction of sp³-hybridized carbons (Fsp3) is 0.421. The lowest BCUT2D eigenvalue weighted by atomic mass is 9.65. The van der Waals surface area contributed by atoms with Gasteiger partial charge in [0, 0.05) is 12.0 Å². The minimum absolute atomic E-state index is 0.0606. The molecule has 4 atom stereocenters. The first-order valence-corrected chi connectivity index (χ1v) is 7.97. The van der Waals surface area contributed by atoms with E-state index in [9.17, 15) is 14.4 Å². The maximum absolute atomic E-state index is 12.8. The first-order chi connectivity index (χ1) is 11.5. The summed E-state index contributed by atoms with van der Waals surface area (Å²) in [6.45, 7) is 0. The van der Waals surface area contributed by atoms with Crippen LogP contribution in [0.5, 0.6) is 0 Å². The molecular formula is C19H20O5. The molecule has 1 aromatic rings. The fourth-order valence-corrected chi connectivity index (χ4v) is 4.25. The molecule has 126 valence electrons. The summed E-state index contributed by atoms with van der Waals surface area (Å²) in [5.41, 5.74) is -0.662. The quantitative estimate of drug-likeness (QED) is 0.472. The third kappa shape index (κ3) is 2.35. The van der Waals surface area contributed by atoms with Crippen LogP contribution >= 0.6 is 0 Å². The second kappa shape index (κ2) is 6.23. The van der Waals surface area contributed by atoms with E-state index in [1.54, 1.807) is 24.3 Å². The van der Waals surface area contributed by atoms with Crippen molar-refractivity contribution in [2.75, 3.05) is 14.2 Å². The van der Waals surface area contributed by atoms with E-state index < -0.39 is 23.3 Å². The van der Waals surface area contributed by atoms with E-state index in [1.807, 2.05) is 18.2 Å². The van der Waals surface area contributed by atoms with Crippen LogP contribution in [0.1, 0.15) is 23.2 Å². The topological polar surface area (TPSA) is 69.7 Å². The van der Waals surface area contributed by atoms with Gasteiger partial charge in [-0.3, -0.25) is 14.4 Å². The molecule has 0 aromatic heterocycles. The minimum Gasteiger partial charge on any atom is -0.469 e. The van der Waals surface area contributed by atoms with Crippen LogP contribution in [0.15, 0.2) is 42.5 Å². The normalized spacial score (nSPS) is 30.2. The van der Waals surface area contributed by atoms with Gasteiger partial charge in [0.25, 0.3) is 0 Å². The standard InChI is InChI=1S/C19H20O5/c1-23-17(21)16-13-8-9-14(10-13)19(16,18(22)24-2)11-15(20)12-6-4-3-5-7-12/h3-9,13-14,16H,10-11H2,1-2H3/t13-,14+,16+,19+/m0/s1. The molecule has 1 fully saturated rings. The maximum atomic E-state index is 12.8. The van der Waals surface area contributed by atoms with Crippen molar-refractivity contribution in [1.29, 1.82) is 0 Å². The number of fused-ring (bicyclic) bond motifs is 2. The number of ether oxygens (including phenoxy) is 2. The third-order valence-electron chi connectivity index (χ3n) is 5.33. The Balaban J connectivity index is 2.02. The first kappa shape index (κ1) is 16.4. The van der Waals surface area contributed by atoms with Gasteiger partial charge in [0.05, 0.1) is 25.6 Å². The zero-order valence-electron chi connectivity index (χ0n) is 13.7. The largest absolute Gasteiger partial charge is 0.469 e. The number of methoxy groups -OCH3 is 2. The molecule has 2 aliphatic rings. The Morgan fingerprint density at radius 1 is 1.08 bits per heavy atom. The van der Waals surface area contributed by atoms with Gasteiger partial charge >= 0.3 is 11.9 Å². The van der Waals surface area contributed by atoms with E-state index in [0.29, 0.717) is 12.0 Å². The molecule has 0 aliphatic heterocycles. The summed E-state index contributed by atoms with van der Waals surface area (Å²) in [5, 5.41) is 0. The number of esters is 2. The van der Waals surface area contributed by atoms with Crippen molar-refractivity contribution < 1.29 is 23.9 Å². The van der Waals surface area contributed by atoms with E-state index in [0.717, 1.165) is 0 Å². The predicted molar refractivity (Wildman–Crippen MR) is 86.1 cm³/mol. The number of allylic oxidation sites excluding steroid dienone is 2. The molecule has 24 heavy (non-hydrogen) atoms. The highest BCUT2D eigenvalue weighted by molar-refractivity contribution is 6.01. The molecule has 0 spiro atoms. The number of hydrogen-bond acceptors (Lipinski definition) is 5. The van der Waals surface area contributed by atoms with Crippen LogP contribution in [0, 0.1) is 23.2 Å². The zero-order valence-corrected chi connectivity index (χ0v) is 13.7. The molecule has 2 aliphatic carbocycles. The summed E-state index contributed by atoms with van der Waals surface area (Å²) in [6.07, 6.45) is 4.48. The lowest BCUT2D eigenvalue weighted by Gasteiger charge is -2.37. The molecule has 0 N–H and O–H groups in total. The van der Waals surface area contributed by atoms with Gasteiger partial charge in [-0.05, 0) is 18.3 Å². The summed E-state index contributed by atoms with van der Waals surface area (Å²) >= 11 is 0. The molecule has 2 bridgehead atoms. The van der Waals surface area contributed by atoms with Gasteiger partial charge in [0.2, 0.25) is 0 Å². The lowest BCUT2D eigenvalue weighted by molar-refractivity contribution is -0.167. The average molecular weight is 328 g/mol. The van der Waals surface area contributed by atoms with Gasteiger partial charge < -0.3 is 9.47 Å². The predicted octanol–water partition coefficient (Wildman–Crippen LogP) is 2.41. The number of rotatable bonds is 5. The Hall–Kier alpha value is -2.43. The number of carbonyl (C=O) groups excluding carboxylic acids is 3. The molecule has 0 amide bonds. The van der Waals surface area contributed by atoms with Crippen LogP contribution in [0.4, 0.5) is 0 Å². The van der Waals surface area contributed by atoms with E-state index in [1.165, 1.54) is 14.2 Å². The Morgan fingerprint density at radius 3 is 2.42 bits per heavy atom. The molecule has 1 aromatic carbocycles. The number of benzene rings is 1. The fourth-order valence-electron chi connectivity index (χ4n) is 4.25. The maximum Gasteiger partial charge on any atom is 0.313 e. The Kier molecular flexibility index (Phi) is 4.26. The summed E-state index contributed by atoms with van der Waals surface area (Å²) < 4.78 is 9.95. The van der Waals surface area contributed by atoms with Crippen molar-refractivity contribution in [3.63, 3.8) is 0 Å². The number of ketones is 1. The van der Waals surface area contributed by atoms with Gasteiger partial charge in [-0.1, -0.05) is 42.5 Å². The van der Waals surface area contributed by atoms with Gasteiger partial charge in [-0.15, -0.1) is 0 Å². The van der Waals surface area contributed by atoms with Crippen molar-refractivity contribution in [3.8, 4) is 0 Å². The molecule has 5 heteroatoms. The van der Waals surface area contributed by atoms with Gasteiger partial charge in [0.1, 0.15) is 0 Å². The van der Waals surface area contributed by atoms with Crippen LogP contribution in [0.25, 0.3) is 0 Å². The molecule has 5 nitrogen and oxygen atoms in total. The monoisotopic (exact) mass is 328 g/mol. The highest BCUT2D eigenvalue weighted by atomic mass is 16.5. The average Bonchev–Trinajstić information content (AvgIpc) is 3.21. The molecular weight excluding hydrogens is 308 g/mol. The summed E-state index contributed by atoms with van der Waals surface area (Å²) in [4.78, 5) is 37.9. The number of hydrogen-bond donors (Lipinski definition) is 0.